The standard InChI is InChI=1S/C16H24N2O3S/c1-2-18(14-8-10-21-11-9-14)15-12-17(13-15)22(19,20)16-6-4-3-5-7-16/h3-7,14-15H,2,8-13H2,1H3. The van der Waals surface area contributed by atoms with Crippen LogP contribution < -0.4 is 0 Å². The minimum atomic E-state index is -3.33. The summed E-state index contributed by atoms with van der Waals surface area (Å²) in [4.78, 5) is 2.85. The Morgan fingerprint density at radius 3 is 2.36 bits per heavy atom. The van der Waals surface area contributed by atoms with Gasteiger partial charge in [-0.25, -0.2) is 8.42 Å². The van der Waals surface area contributed by atoms with Gasteiger partial charge in [-0.1, -0.05) is 25.1 Å². The van der Waals surface area contributed by atoms with E-state index in [0.717, 1.165) is 32.6 Å². The lowest BCUT2D eigenvalue weighted by atomic mass is 10.0. The SMILES string of the molecule is CCN(C1CCOCC1)C1CN(S(=O)(=O)c2ccccc2)C1. The van der Waals surface area contributed by atoms with Crippen LogP contribution in [0.15, 0.2) is 35.2 Å². The molecule has 0 bridgehead atoms. The number of rotatable bonds is 5. The molecule has 1 aromatic carbocycles. The van der Waals surface area contributed by atoms with Crippen molar-refractivity contribution in [3.63, 3.8) is 0 Å². The Labute approximate surface area is 132 Å². The van der Waals surface area contributed by atoms with Gasteiger partial charge in [-0.05, 0) is 31.5 Å². The summed E-state index contributed by atoms with van der Waals surface area (Å²) in [6, 6.07) is 9.57. The van der Waals surface area contributed by atoms with Crippen molar-refractivity contribution in [1.82, 2.24) is 9.21 Å². The molecule has 0 saturated carbocycles. The second-order valence-corrected chi connectivity index (χ2v) is 7.90. The molecule has 2 heterocycles. The van der Waals surface area contributed by atoms with Crippen LogP contribution in [-0.4, -0.2) is 62.6 Å². The molecule has 0 N–H and O–H groups in total. The summed E-state index contributed by atoms with van der Waals surface area (Å²) in [6.45, 7) is 5.96. The van der Waals surface area contributed by atoms with E-state index in [9.17, 15) is 8.42 Å². The summed E-state index contributed by atoms with van der Waals surface area (Å²) in [7, 11) is -3.33. The predicted octanol–water partition coefficient (Wildman–Crippen LogP) is 1.56. The van der Waals surface area contributed by atoms with Crippen LogP contribution in [0.1, 0.15) is 19.8 Å². The van der Waals surface area contributed by atoms with Gasteiger partial charge in [0.25, 0.3) is 0 Å². The highest BCUT2D eigenvalue weighted by atomic mass is 32.2. The monoisotopic (exact) mass is 324 g/mol. The molecular formula is C16H24N2O3S. The number of hydrogen-bond acceptors (Lipinski definition) is 4. The average molecular weight is 324 g/mol. The summed E-state index contributed by atoms with van der Waals surface area (Å²) < 4.78 is 32.1. The maximum atomic E-state index is 12.5. The van der Waals surface area contributed by atoms with Crippen molar-refractivity contribution >= 4 is 10.0 Å². The first kappa shape index (κ1) is 15.9. The molecule has 0 radical (unpaired) electrons. The van der Waals surface area contributed by atoms with E-state index >= 15 is 0 Å². The summed E-state index contributed by atoms with van der Waals surface area (Å²) in [6.07, 6.45) is 2.10. The number of ether oxygens (including phenoxy) is 1. The predicted molar refractivity (Wildman–Crippen MR) is 85.2 cm³/mol. The van der Waals surface area contributed by atoms with Crippen LogP contribution in [-0.2, 0) is 14.8 Å². The maximum absolute atomic E-state index is 12.5. The van der Waals surface area contributed by atoms with Gasteiger partial charge in [0.1, 0.15) is 0 Å². The van der Waals surface area contributed by atoms with Gasteiger partial charge in [0.15, 0.2) is 0 Å². The topological polar surface area (TPSA) is 49.9 Å². The fourth-order valence-electron chi connectivity index (χ4n) is 3.40. The van der Waals surface area contributed by atoms with Crippen molar-refractivity contribution in [2.24, 2.45) is 0 Å². The number of hydrogen-bond donors (Lipinski definition) is 0. The van der Waals surface area contributed by atoms with Gasteiger partial charge in [-0.2, -0.15) is 4.31 Å². The Balaban J connectivity index is 1.63. The maximum Gasteiger partial charge on any atom is 0.243 e. The van der Waals surface area contributed by atoms with E-state index in [2.05, 4.69) is 11.8 Å². The smallest absolute Gasteiger partial charge is 0.243 e. The number of nitrogens with zero attached hydrogens (tertiary/aromatic N) is 2. The second kappa shape index (κ2) is 6.66. The molecule has 2 aliphatic rings. The highest BCUT2D eigenvalue weighted by Gasteiger charge is 2.41. The third-order valence-corrected chi connectivity index (χ3v) is 6.55. The highest BCUT2D eigenvalue weighted by Crippen LogP contribution is 2.27. The molecule has 0 amide bonds. The Morgan fingerprint density at radius 1 is 1.14 bits per heavy atom. The van der Waals surface area contributed by atoms with E-state index in [1.54, 1.807) is 28.6 Å². The first-order valence-electron chi connectivity index (χ1n) is 8.01. The van der Waals surface area contributed by atoms with Gasteiger partial charge in [-0.15, -0.1) is 0 Å². The second-order valence-electron chi connectivity index (χ2n) is 5.96. The van der Waals surface area contributed by atoms with Crippen LogP contribution in [0.5, 0.6) is 0 Å². The zero-order chi connectivity index (χ0) is 15.6. The van der Waals surface area contributed by atoms with Crippen molar-refractivity contribution < 1.29 is 13.2 Å². The van der Waals surface area contributed by atoms with E-state index < -0.39 is 10.0 Å². The Bertz CT molecular complexity index is 579. The van der Waals surface area contributed by atoms with Crippen LogP contribution in [0.4, 0.5) is 0 Å². The fraction of sp³-hybridized carbons (Fsp3) is 0.625. The molecule has 0 atom stereocenters. The molecule has 0 aromatic heterocycles. The molecule has 0 aliphatic carbocycles. The molecule has 2 saturated heterocycles. The highest BCUT2D eigenvalue weighted by molar-refractivity contribution is 7.89. The van der Waals surface area contributed by atoms with Gasteiger partial charge in [-0.3, -0.25) is 4.90 Å². The molecule has 122 valence electrons. The molecule has 2 fully saturated rings. The van der Waals surface area contributed by atoms with Crippen LogP contribution in [0.2, 0.25) is 0 Å². The quantitative estimate of drug-likeness (QED) is 0.825. The van der Waals surface area contributed by atoms with Gasteiger partial charge < -0.3 is 4.74 Å². The lowest BCUT2D eigenvalue weighted by Gasteiger charge is -2.48. The molecular weight excluding hydrogens is 300 g/mol. The molecule has 6 heteroatoms. The normalized spacial score (nSPS) is 21.9. The van der Waals surface area contributed by atoms with Crippen molar-refractivity contribution in [3.8, 4) is 0 Å². The third-order valence-electron chi connectivity index (χ3n) is 4.70. The Kier molecular flexibility index (Phi) is 4.82. The average Bonchev–Trinajstić information content (AvgIpc) is 2.51. The van der Waals surface area contributed by atoms with Crippen LogP contribution in [0.3, 0.4) is 0 Å². The van der Waals surface area contributed by atoms with Gasteiger partial charge in [0, 0.05) is 38.4 Å². The van der Waals surface area contributed by atoms with Crippen molar-refractivity contribution in [2.75, 3.05) is 32.8 Å². The van der Waals surface area contributed by atoms with Gasteiger partial charge in [0.2, 0.25) is 10.0 Å². The number of likely N-dealkylation sites (N-methyl/N-ethyl adjacent to an activating group) is 1. The zero-order valence-corrected chi connectivity index (χ0v) is 13.8. The van der Waals surface area contributed by atoms with E-state index in [0.29, 0.717) is 30.1 Å². The van der Waals surface area contributed by atoms with Crippen molar-refractivity contribution in [2.45, 2.75) is 36.7 Å². The lowest BCUT2D eigenvalue weighted by molar-refractivity contribution is -0.00746. The van der Waals surface area contributed by atoms with Crippen LogP contribution >= 0.6 is 0 Å². The fourth-order valence-corrected chi connectivity index (χ4v) is 4.93. The van der Waals surface area contributed by atoms with Gasteiger partial charge in [0.05, 0.1) is 4.90 Å². The first-order chi connectivity index (χ1) is 10.6. The molecule has 5 nitrogen and oxygen atoms in total. The molecule has 3 rings (SSSR count). The van der Waals surface area contributed by atoms with E-state index in [4.69, 9.17) is 4.74 Å². The summed E-state index contributed by atoms with van der Waals surface area (Å²) >= 11 is 0. The Morgan fingerprint density at radius 2 is 1.77 bits per heavy atom. The largest absolute Gasteiger partial charge is 0.381 e. The van der Waals surface area contributed by atoms with E-state index in [-0.39, 0.29) is 0 Å². The summed E-state index contributed by atoms with van der Waals surface area (Å²) in [5.74, 6) is 0. The number of benzene rings is 1. The van der Waals surface area contributed by atoms with Crippen molar-refractivity contribution in [3.05, 3.63) is 30.3 Å². The minimum absolute atomic E-state index is 0.339. The Hall–Kier alpha value is -0.950. The van der Waals surface area contributed by atoms with Gasteiger partial charge >= 0.3 is 0 Å². The van der Waals surface area contributed by atoms with E-state index in [1.165, 1.54) is 0 Å². The molecule has 1 aromatic rings. The van der Waals surface area contributed by atoms with E-state index in [1.807, 2.05) is 6.07 Å². The molecule has 2 aliphatic heterocycles. The summed E-state index contributed by atoms with van der Waals surface area (Å²) in [5, 5.41) is 0. The van der Waals surface area contributed by atoms with Crippen LogP contribution in [0, 0.1) is 0 Å². The van der Waals surface area contributed by atoms with Crippen LogP contribution in [0.25, 0.3) is 0 Å². The lowest BCUT2D eigenvalue weighted by Crippen LogP contribution is -2.63. The molecule has 0 spiro atoms. The zero-order valence-electron chi connectivity index (χ0n) is 13.0. The molecule has 0 unspecified atom stereocenters. The first-order valence-corrected chi connectivity index (χ1v) is 9.45. The number of sulfonamides is 1. The third kappa shape index (κ3) is 3.06. The molecule has 22 heavy (non-hydrogen) atoms. The van der Waals surface area contributed by atoms with Crippen molar-refractivity contribution in [1.29, 1.82) is 0 Å². The minimum Gasteiger partial charge on any atom is -0.381 e. The summed E-state index contributed by atoms with van der Waals surface area (Å²) in [5.41, 5.74) is 0.